The number of amides is 1. The maximum absolute atomic E-state index is 11.8. The van der Waals surface area contributed by atoms with Crippen LogP contribution in [0.3, 0.4) is 0 Å². The van der Waals surface area contributed by atoms with Crippen LogP contribution in [0.4, 0.5) is 5.00 Å². The minimum Gasteiger partial charge on any atom is -0.483 e. The van der Waals surface area contributed by atoms with Crippen LogP contribution in [0.15, 0.2) is 29.6 Å². The van der Waals surface area contributed by atoms with Crippen LogP contribution in [0.25, 0.3) is 0 Å². The molecule has 21 heavy (non-hydrogen) atoms. The number of carbonyl (C=O) groups is 2. The van der Waals surface area contributed by atoms with Crippen LogP contribution in [0, 0.1) is 13.8 Å². The van der Waals surface area contributed by atoms with Crippen molar-refractivity contribution < 1.29 is 19.4 Å². The third-order valence-corrected chi connectivity index (χ3v) is 3.89. The van der Waals surface area contributed by atoms with E-state index in [1.165, 1.54) is 17.4 Å². The molecule has 2 N–H and O–H groups in total. The van der Waals surface area contributed by atoms with Gasteiger partial charge in [-0.3, -0.25) is 4.79 Å². The molecular formula is C15H15NO4S. The molecule has 1 aromatic carbocycles. The predicted octanol–water partition coefficient (Wildman–Crippen LogP) is 3.08. The van der Waals surface area contributed by atoms with Crippen molar-refractivity contribution >= 4 is 28.2 Å². The van der Waals surface area contributed by atoms with E-state index >= 15 is 0 Å². The number of aryl methyl sites for hydroxylation is 1. The molecule has 0 unspecified atom stereocenters. The van der Waals surface area contributed by atoms with Crippen molar-refractivity contribution in [3.8, 4) is 5.75 Å². The predicted molar refractivity (Wildman–Crippen MR) is 81.3 cm³/mol. The summed E-state index contributed by atoms with van der Waals surface area (Å²) in [6, 6.07) is 7.07. The fourth-order valence-electron chi connectivity index (χ4n) is 1.76. The first kappa shape index (κ1) is 15.1. The van der Waals surface area contributed by atoms with Gasteiger partial charge in [0.15, 0.2) is 6.61 Å². The number of carbonyl (C=O) groups excluding carboxylic acids is 1. The summed E-state index contributed by atoms with van der Waals surface area (Å²) in [5.41, 5.74) is 2.15. The van der Waals surface area contributed by atoms with Gasteiger partial charge in [0.05, 0.1) is 5.56 Å². The lowest BCUT2D eigenvalue weighted by Gasteiger charge is -2.10. The lowest BCUT2D eigenvalue weighted by atomic mass is 10.1. The Balaban J connectivity index is 1.98. The first-order chi connectivity index (χ1) is 9.99. The van der Waals surface area contributed by atoms with Gasteiger partial charge in [0.25, 0.3) is 5.91 Å². The Morgan fingerprint density at radius 1 is 1.29 bits per heavy atom. The Bertz CT molecular complexity index is 678. The summed E-state index contributed by atoms with van der Waals surface area (Å²) < 4.78 is 5.47. The zero-order valence-electron chi connectivity index (χ0n) is 11.7. The third kappa shape index (κ3) is 3.61. The van der Waals surface area contributed by atoms with Crippen LogP contribution in [0.2, 0.25) is 0 Å². The number of hydrogen-bond donors (Lipinski definition) is 2. The number of carboxylic acid groups (broad SMARTS) is 1. The molecule has 6 heteroatoms. The Labute approximate surface area is 126 Å². The van der Waals surface area contributed by atoms with Gasteiger partial charge in [-0.15, -0.1) is 11.3 Å². The molecule has 0 saturated carbocycles. The number of rotatable bonds is 5. The smallest absolute Gasteiger partial charge is 0.338 e. The lowest BCUT2D eigenvalue weighted by Crippen LogP contribution is -2.21. The molecule has 0 radical (unpaired) electrons. The number of aromatic carboxylic acids is 1. The molecule has 0 saturated heterocycles. The van der Waals surface area contributed by atoms with Gasteiger partial charge in [-0.25, -0.2) is 4.79 Å². The molecule has 0 bridgehead atoms. The number of anilines is 1. The topological polar surface area (TPSA) is 75.6 Å². The van der Waals surface area contributed by atoms with E-state index < -0.39 is 5.97 Å². The number of hydrogen-bond acceptors (Lipinski definition) is 4. The molecule has 2 aromatic rings. The Hall–Kier alpha value is -2.34. The molecule has 0 spiro atoms. The maximum Gasteiger partial charge on any atom is 0.338 e. The van der Waals surface area contributed by atoms with Gasteiger partial charge in [0, 0.05) is 0 Å². The third-order valence-electron chi connectivity index (χ3n) is 3.06. The van der Waals surface area contributed by atoms with Crippen molar-refractivity contribution in [1.82, 2.24) is 0 Å². The molecule has 0 aliphatic carbocycles. The average Bonchev–Trinajstić information content (AvgIpc) is 2.88. The second-order valence-electron chi connectivity index (χ2n) is 4.50. The summed E-state index contributed by atoms with van der Waals surface area (Å²) in [6.45, 7) is 3.72. The van der Waals surface area contributed by atoms with E-state index in [9.17, 15) is 9.59 Å². The van der Waals surface area contributed by atoms with Crippen molar-refractivity contribution in [3.63, 3.8) is 0 Å². The fourth-order valence-corrected chi connectivity index (χ4v) is 2.56. The number of thiophene rings is 1. The highest BCUT2D eigenvalue weighted by molar-refractivity contribution is 7.14. The molecule has 0 fully saturated rings. The normalized spacial score (nSPS) is 10.2. The molecule has 0 aliphatic heterocycles. The van der Waals surface area contributed by atoms with Crippen molar-refractivity contribution in [2.45, 2.75) is 13.8 Å². The van der Waals surface area contributed by atoms with Crippen LogP contribution in [0.1, 0.15) is 21.5 Å². The quantitative estimate of drug-likeness (QED) is 0.890. The highest BCUT2D eigenvalue weighted by Gasteiger charge is 2.14. The van der Waals surface area contributed by atoms with Crippen LogP contribution < -0.4 is 10.1 Å². The van der Waals surface area contributed by atoms with Crippen molar-refractivity contribution in [1.29, 1.82) is 0 Å². The van der Waals surface area contributed by atoms with E-state index in [0.717, 1.165) is 11.1 Å². The zero-order chi connectivity index (χ0) is 15.4. The number of ether oxygens (including phenoxy) is 1. The Morgan fingerprint density at radius 3 is 2.76 bits per heavy atom. The molecule has 1 heterocycles. The summed E-state index contributed by atoms with van der Waals surface area (Å²) >= 11 is 1.17. The van der Waals surface area contributed by atoms with Crippen LogP contribution in [-0.2, 0) is 4.79 Å². The molecule has 0 atom stereocenters. The minimum atomic E-state index is -1.07. The SMILES string of the molecule is Cc1cccc(OCC(=O)Nc2sccc2C(=O)O)c1C. The van der Waals surface area contributed by atoms with Gasteiger partial charge in [-0.2, -0.15) is 0 Å². The summed E-state index contributed by atoms with van der Waals surface area (Å²) in [6.07, 6.45) is 0. The first-order valence-corrected chi connectivity index (χ1v) is 7.16. The second-order valence-corrected chi connectivity index (χ2v) is 5.42. The van der Waals surface area contributed by atoms with E-state index in [1.54, 1.807) is 11.4 Å². The largest absolute Gasteiger partial charge is 0.483 e. The highest BCUT2D eigenvalue weighted by atomic mass is 32.1. The minimum absolute atomic E-state index is 0.0834. The van der Waals surface area contributed by atoms with E-state index in [1.807, 2.05) is 26.0 Å². The monoisotopic (exact) mass is 305 g/mol. The molecule has 5 nitrogen and oxygen atoms in total. The van der Waals surface area contributed by atoms with Gasteiger partial charge in [-0.05, 0) is 42.5 Å². The van der Waals surface area contributed by atoms with Crippen molar-refractivity contribution in [2.24, 2.45) is 0 Å². The summed E-state index contributed by atoms with van der Waals surface area (Å²) in [4.78, 5) is 22.8. The summed E-state index contributed by atoms with van der Waals surface area (Å²) in [5.74, 6) is -0.808. The van der Waals surface area contributed by atoms with Crippen LogP contribution in [-0.4, -0.2) is 23.6 Å². The Morgan fingerprint density at radius 2 is 2.05 bits per heavy atom. The highest BCUT2D eigenvalue weighted by Crippen LogP contribution is 2.23. The second kappa shape index (κ2) is 6.41. The van der Waals surface area contributed by atoms with E-state index in [0.29, 0.717) is 10.8 Å². The number of benzene rings is 1. The molecule has 2 rings (SSSR count). The van der Waals surface area contributed by atoms with Gasteiger partial charge >= 0.3 is 5.97 Å². The van der Waals surface area contributed by atoms with Crippen molar-refractivity contribution in [2.75, 3.05) is 11.9 Å². The van der Waals surface area contributed by atoms with Crippen molar-refractivity contribution in [3.05, 3.63) is 46.3 Å². The number of carboxylic acids is 1. The van der Waals surface area contributed by atoms with E-state index in [-0.39, 0.29) is 18.1 Å². The maximum atomic E-state index is 11.8. The van der Waals surface area contributed by atoms with Gasteiger partial charge in [0.1, 0.15) is 10.8 Å². The molecule has 1 aromatic heterocycles. The average molecular weight is 305 g/mol. The Kier molecular flexibility index (Phi) is 4.59. The molecule has 0 aliphatic rings. The molecular weight excluding hydrogens is 290 g/mol. The van der Waals surface area contributed by atoms with Crippen LogP contribution >= 0.6 is 11.3 Å². The van der Waals surface area contributed by atoms with Gasteiger partial charge in [0.2, 0.25) is 0 Å². The van der Waals surface area contributed by atoms with E-state index in [2.05, 4.69) is 5.32 Å². The van der Waals surface area contributed by atoms with Gasteiger partial charge < -0.3 is 15.2 Å². The zero-order valence-corrected chi connectivity index (χ0v) is 12.5. The fraction of sp³-hybridized carbons (Fsp3) is 0.200. The van der Waals surface area contributed by atoms with E-state index in [4.69, 9.17) is 9.84 Å². The van der Waals surface area contributed by atoms with Gasteiger partial charge in [-0.1, -0.05) is 12.1 Å². The standard InChI is InChI=1S/C15H15NO4S/c1-9-4-3-5-12(10(9)2)20-8-13(17)16-14-11(15(18)19)6-7-21-14/h3-7H,8H2,1-2H3,(H,16,17)(H,18,19). The lowest BCUT2D eigenvalue weighted by molar-refractivity contribution is -0.118. The van der Waals surface area contributed by atoms with Crippen LogP contribution in [0.5, 0.6) is 5.75 Å². The number of nitrogens with one attached hydrogen (secondary N) is 1. The molecule has 110 valence electrons. The summed E-state index contributed by atoms with van der Waals surface area (Å²) in [5, 5.41) is 13.4. The summed E-state index contributed by atoms with van der Waals surface area (Å²) in [7, 11) is 0. The molecule has 1 amide bonds. The first-order valence-electron chi connectivity index (χ1n) is 6.28.